The summed E-state index contributed by atoms with van der Waals surface area (Å²) in [5.74, 6) is 0.291. The van der Waals surface area contributed by atoms with E-state index in [9.17, 15) is 9.59 Å². The molecule has 2 rings (SSSR count). The molecule has 1 heterocycles. The van der Waals surface area contributed by atoms with Crippen molar-refractivity contribution in [3.8, 4) is 0 Å². The van der Waals surface area contributed by atoms with Crippen LogP contribution in [0.25, 0.3) is 0 Å². The van der Waals surface area contributed by atoms with Crippen LogP contribution in [0.15, 0.2) is 10.4 Å². The van der Waals surface area contributed by atoms with Gasteiger partial charge in [-0.1, -0.05) is 32.1 Å². The average Bonchev–Trinajstić information content (AvgIpc) is 3.08. The van der Waals surface area contributed by atoms with Crippen molar-refractivity contribution in [2.75, 3.05) is 30.8 Å². The van der Waals surface area contributed by atoms with Crippen LogP contribution in [0.5, 0.6) is 0 Å². The Balaban J connectivity index is 1.94. The number of urea groups is 1. The minimum absolute atomic E-state index is 0.0187. The minimum atomic E-state index is -0.872. The molecule has 1 aromatic rings. The predicted octanol–water partition coefficient (Wildman–Crippen LogP) is 4.41. The van der Waals surface area contributed by atoms with E-state index in [1.807, 2.05) is 4.90 Å². The lowest BCUT2D eigenvalue weighted by Crippen LogP contribution is -2.46. The van der Waals surface area contributed by atoms with Gasteiger partial charge in [0.2, 0.25) is 0 Å². The Morgan fingerprint density at radius 2 is 2.11 bits per heavy atom. The lowest BCUT2D eigenvalue weighted by atomic mass is 9.86. The van der Waals surface area contributed by atoms with E-state index >= 15 is 0 Å². The molecule has 1 aromatic heterocycles. The van der Waals surface area contributed by atoms with E-state index < -0.39 is 5.97 Å². The van der Waals surface area contributed by atoms with E-state index in [1.165, 1.54) is 23.1 Å². The monoisotopic (exact) mass is 429 g/mol. The highest BCUT2D eigenvalue weighted by atomic mass is 32.2. The van der Waals surface area contributed by atoms with Crippen molar-refractivity contribution in [3.05, 3.63) is 6.20 Å². The van der Waals surface area contributed by atoms with E-state index in [1.54, 1.807) is 6.20 Å². The Morgan fingerprint density at radius 3 is 2.75 bits per heavy atom. The molecule has 2 N–H and O–H groups in total. The maximum Gasteiger partial charge on any atom is 0.323 e. The van der Waals surface area contributed by atoms with Crippen molar-refractivity contribution in [2.24, 2.45) is 11.8 Å². The number of amides is 2. The van der Waals surface area contributed by atoms with Crippen molar-refractivity contribution < 1.29 is 19.4 Å². The number of rotatable bonds is 10. The minimum Gasteiger partial charge on any atom is -0.481 e. The van der Waals surface area contributed by atoms with Gasteiger partial charge in [0.05, 0.1) is 22.8 Å². The standard InChI is InChI=1S/C19H31N3O4S2/c1-13(2)11-26-9-8-22(15-6-4-14(3)5-7-15)19(25)21-18-20-10-17(28-18)27-12-16(23)24/h10,13-15H,4-9,11-12H2,1-3H3,(H,23,24)(H,20,21,25)/t14-,15-. The Bertz CT molecular complexity index is 630. The van der Waals surface area contributed by atoms with Gasteiger partial charge < -0.3 is 14.7 Å². The third kappa shape index (κ3) is 7.97. The number of thioether (sulfide) groups is 1. The number of carbonyl (C=O) groups excluding carboxylic acids is 1. The molecule has 1 aliphatic carbocycles. The number of carboxylic acids is 1. The first-order valence-corrected chi connectivity index (χ1v) is 11.6. The van der Waals surface area contributed by atoms with Crippen molar-refractivity contribution in [3.63, 3.8) is 0 Å². The van der Waals surface area contributed by atoms with Crippen molar-refractivity contribution in [2.45, 2.75) is 56.7 Å². The molecule has 0 atom stereocenters. The number of hydrogen-bond acceptors (Lipinski definition) is 6. The number of nitrogens with one attached hydrogen (secondary N) is 1. The molecule has 0 unspecified atom stereocenters. The van der Waals surface area contributed by atoms with Gasteiger partial charge in [-0.25, -0.2) is 9.78 Å². The number of carbonyl (C=O) groups is 2. The maximum absolute atomic E-state index is 12.9. The zero-order valence-corrected chi connectivity index (χ0v) is 18.5. The molecule has 28 heavy (non-hydrogen) atoms. The van der Waals surface area contributed by atoms with Crippen molar-refractivity contribution in [1.82, 2.24) is 9.88 Å². The number of ether oxygens (including phenoxy) is 1. The fourth-order valence-electron chi connectivity index (χ4n) is 3.17. The molecule has 0 bridgehead atoms. The summed E-state index contributed by atoms with van der Waals surface area (Å²) in [5, 5.41) is 12.2. The van der Waals surface area contributed by atoms with E-state index in [4.69, 9.17) is 9.84 Å². The van der Waals surface area contributed by atoms with Crippen LogP contribution < -0.4 is 5.32 Å². The maximum atomic E-state index is 12.9. The molecule has 0 saturated heterocycles. The number of hydrogen-bond donors (Lipinski definition) is 2. The number of thiazole rings is 1. The molecule has 1 saturated carbocycles. The molecule has 158 valence electrons. The van der Waals surface area contributed by atoms with Gasteiger partial charge in [0, 0.05) is 19.2 Å². The smallest absolute Gasteiger partial charge is 0.323 e. The lowest BCUT2D eigenvalue weighted by molar-refractivity contribution is -0.133. The van der Waals surface area contributed by atoms with Gasteiger partial charge in [-0.15, -0.1) is 11.8 Å². The second kappa shape index (κ2) is 11.6. The van der Waals surface area contributed by atoms with E-state index in [-0.39, 0.29) is 17.8 Å². The number of aliphatic carboxylic acids is 1. The Kier molecular flexibility index (Phi) is 9.53. The zero-order chi connectivity index (χ0) is 20.5. The van der Waals surface area contributed by atoms with Crippen LogP contribution in [0.1, 0.15) is 46.5 Å². The highest BCUT2D eigenvalue weighted by Crippen LogP contribution is 2.30. The van der Waals surface area contributed by atoms with Gasteiger partial charge in [-0.2, -0.15) is 0 Å². The average molecular weight is 430 g/mol. The summed E-state index contributed by atoms with van der Waals surface area (Å²) in [7, 11) is 0. The first kappa shape index (κ1) is 23.0. The number of aromatic nitrogens is 1. The summed E-state index contributed by atoms with van der Waals surface area (Å²) in [6, 6.07) is 0.0662. The lowest BCUT2D eigenvalue weighted by Gasteiger charge is -2.36. The molecule has 0 aromatic carbocycles. The Morgan fingerprint density at radius 1 is 1.39 bits per heavy atom. The quantitative estimate of drug-likeness (QED) is 0.423. The Hall–Kier alpha value is -1.32. The third-order valence-electron chi connectivity index (χ3n) is 4.65. The first-order chi connectivity index (χ1) is 13.3. The van der Waals surface area contributed by atoms with Crippen LogP contribution in [0, 0.1) is 11.8 Å². The van der Waals surface area contributed by atoms with Crippen LogP contribution in [0.4, 0.5) is 9.93 Å². The van der Waals surface area contributed by atoms with Gasteiger partial charge in [0.25, 0.3) is 0 Å². The van der Waals surface area contributed by atoms with Crippen LogP contribution >= 0.6 is 23.1 Å². The molecule has 1 aliphatic rings. The van der Waals surface area contributed by atoms with Crippen LogP contribution in [0.3, 0.4) is 0 Å². The van der Waals surface area contributed by atoms with Crippen LogP contribution in [0.2, 0.25) is 0 Å². The van der Waals surface area contributed by atoms with Crippen molar-refractivity contribution >= 4 is 40.2 Å². The third-order valence-corrected chi connectivity index (χ3v) is 6.74. The number of carboxylic acid groups (broad SMARTS) is 1. The number of nitrogens with zero attached hydrogens (tertiary/aromatic N) is 2. The highest BCUT2D eigenvalue weighted by molar-refractivity contribution is 8.01. The summed E-state index contributed by atoms with van der Waals surface area (Å²) in [5.41, 5.74) is 0. The summed E-state index contributed by atoms with van der Waals surface area (Å²) >= 11 is 2.50. The van der Waals surface area contributed by atoms with Crippen LogP contribution in [-0.2, 0) is 9.53 Å². The molecule has 0 aliphatic heterocycles. The molecule has 1 fully saturated rings. The van der Waals surface area contributed by atoms with Crippen LogP contribution in [-0.4, -0.2) is 58.5 Å². The summed E-state index contributed by atoms with van der Waals surface area (Å²) in [6.45, 7) is 8.25. The van der Waals surface area contributed by atoms with Gasteiger partial charge in [0.15, 0.2) is 5.13 Å². The van der Waals surface area contributed by atoms with E-state index in [0.29, 0.717) is 36.7 Å². The zero-order valence-electron chi connectivity index (χ0n) is 16.8. The second-order valence-corrected chi connectivity index (χ2v) is 9.98. The fraction of sp³-hybridized carbons (Fsp3) is 0.737. The molecule has 0 radical (unpaired) electrons. The molecular formula is C19H31N3O4S2. The summed E-state index contributed by atoms with van der Waals surface area (Å²) in [6.07, 6.45) is 5.89. The van der Waals surface area contributed by atoms with Gasteiger partial charge in [-0.05, 0) is 37.5 Å². The number of anilines is 1. The molecule has 0 spiro atoms. The fourth-order valence-corrected chi connectivity index (χ4v) is 4.75. The van der Waals surface area contributed by atoms with E-state index in [2.05, 4.69) is 31.1 Å². The molecule has 7 nitrogen and oxygen atoms in total. The Labute approximate surface area is 175 Å². The highest BCUT2D eigenvalue weighted by Gasteiger charge is 2.28. The van der Waals surface area contributed by atoms with E-state index in [0.717, 1.165) is 29.9 Å². The summed E-state index contributed by atoms with van der Waals surface area (Å²) < 4.78 is 6.48. The summed E-state index contributed by atoms with van der Waals surface area (Å²) in [4.78, 5) is 29.7. The second-order valence-electron chi connectivity index (χ2n) is 7.67. The largest absolute Gasteiger partial charge is 0.481 e. The van der Waals surface area contributed by atoms with Gasteiger partial charge in [0.1, 0.15) is 0 Å². The predicted molar refractivity (Wildman–Crippen MR) is 113 cm³/mol. The van der Waals surface area contributed by atoms with Gasteiger partial charge >= 0.3 is 12.0 Å². The van der Waals surface area contributed by atoms with Crippen molar-refractivity contribution in [1.29, 1.82) is 0 Å². The molecule has 9 heteroatoms. The first-order valence-electron chi connectivity index (χ1n) is 9.81. The molecular weight excluding hydrogens is 398 g/mol. The topological polar surface area (TPSA) is 91.8 Å². The SMILES string of the molecule is CC(C)COCCN(C(=O)Nc1ncc(SCC(=O)O)s1)[C@H]1CC[C@H](C)CC1. The van der Waals surface area contributed by atoms with Gasteiger partial charge in [-0.3, -0.25) is 10.1 Å². The molecule has 2 amide bonds. The normalized spacial score (nSPS) is 19.6.